The molecule has 0 spiro atoms. The quantitative estimate of drug-likeness (QED) is 0.311. The molecule has 1 unspecified atom stereocenters. The molecule has 3 aromatic carbocycles. The number of hydrogen-bond donors (Lipinski definition) is 2. The topological polar surface area (TPSA) is 87.1 Å². The van der Waals surface area contributed by atoms with Gasteiger partial charge in [0.2, 0.25) is 0 Å². The van der Waals surface area contributed by atoms with Gasteiger partial charge in [0.05, 0.1) is 23.7 Å². The number of ketones is 1. The number of carbonyl (C=O) groups excluding carboxylic acids is 2. The first-order valence-corrected chi connectivity index (χ1v) is 10.6. The summed E-state index contributed by atoms with van der Waals surface area (Å²) in [5.41, 5.74) is 3.15. The molecule has 1 fully saturated rings. The number of aromatic hydroxyl groups is 1. The molecule has 3 aromatic rings. The van der Waals surface area contributed by atoms with E-state index >= 15 is 0 Å². The summed E-state index contributed by atoms with van der Waals surface area (Å²) in [6, 6.07) is 15.6. The van der Waals surface area contributed by atoms with Gasteiger partial charge in [-0.25, -0.2) is 0 Å². The standard InChI is InChI=1S/C26H22ClNO5/c1-14-10-15(2)12-18(11-14)28-23(17-6-9-21(29)20(27)13-17)22(25(31)26(28)32)24(30)16-4-7-19(33-3)8-5-16/h4-13,23,29-30H,1-3H3/b24-22-. The van der Waals surface area contributed by atoms with Gasteiger partial charge in [-0.15, -0.1) is 0 Å². The molecule has 1 aliphatic rings. The van der Waals surface area contributed by atoms with Crippen LogP contribution in [0.4, 0.5) is 5.69 Å². The van der Waals surface area contributed by atoms with Gasteiger partial charge in [0.25, 0.3) is 11.7 Å². The molecule has 168 valence electrons. The Morgan fingerprint density at radius 1 is 0.970 bits per heavy atom. The molecule has 4 rings (SSSR count). The summed E-state index contributed by atoms with van der Waals surface area (Å²) >= 11 is 6.16. The first-order valence-electron chi connectivity index (χ1n) is 10.2. The van der Waals surface area contributed by atoms with Crippen LogP contribution in [-0.2, 0) is 9.59 Å². The number of aliphatic hydroxyl groups excluding tert-OH is 1. The van der Waals surface area contributed by atoms with Gasteiger partial charge in [0, 0.05) is 11.3 Å². The Bertz CT molecular complexity index is 1280. The highest BCUT2D eigenvalue weighted by Gasteiger charge is 2.47. The van der Waals surface area contributed by atoms with E-state index in [1.165, 1.54) is 24.1 Å². The SMILES string of the molecule is COc1ccc(/C(O)=C2/C(=O)C(=O)N(c3cc(C)cc(C)c3)C2c2ccc(O)c(Cl)c2)cc1. The number of amides is 1. The van der Waals surface area contributed by atoms with Crippen LogP contribution in [0.25, 0.3) is 5.76 Å². The number of aliphatic hydroxyl groups is 1. The van der Waals surface area contributed by atoms with Gasteiger partial charge in [-0.05, 0) is 79.1 Å². The normalized spacial score (nSPS) is 17.5. The molecule has 2 N–H and O–H groups in total. The van der Waals surface area contributed by atoms with Crippen LogP contribution in [0.2, 0.25) is 5.02 Å². The van der Waals surface area contributed by atoms with Crippen LogP contribution in [0.1, 0.15) is 28.3 Å². The molecular weight excluding hydrogens is 442 g/mol. The number of aryl methyl sites for hydroxylation is 2. The number of hydrogen-bond acceptors (Lipinski definition) is 5. The smallest absolute Gasteiger partial charge is 0.300 e. The van der Waals surface area contributed by atoms with E-state index in [4.69, 9.17) is 16.3 Å². The fraction of sp³-hybridized carbons (Fsp3) is 0.154. The van der Waals surface area contributed by atoms with Gasteiger partial charge < -0.3 is 14.9 Å². The third-order valence-corrected chi connectivity index (χ3v) is 5.88. The van der Waals surface area contributed by atoms with Crippen molar-refractivity contribution in [1.82, 2.24) is 0 Å². The van der Waals surface area contributed by atoms with Gasteiger partial charge in [-0.1, -0.05) is 23.7 Å². The number of nitrogens with zero attached hydrogens (tertiary/aromatic N) is 1. The maximum absolute atomic E-state index is 13.2. The number of halogens is 1. The molecule has 0 aliphatic carbocycles. The van der Waals surface area contributed by atoms with Crippen LogP contribution < -0.4 is 9.64 Å². The first kappa shape index (κ1) is 22.4. The number of phenolic OH excluding ortho intramolecular Hbond substituents is 1. The van der Waals surface area contributed by atoms with E-state index in [1.54, 1.807) is 42.5 Å². The Balaban J connectivity index is 1.96. The molecule has 6 nitrogen and oxygen atoms in total. The second kappa shape index (κ2) is 8.64. The van der Waals surface area contributed by atoms with Crippen molar-refractivity contribution in [3.05, 3.63) is 93.5 Å². The number of benzene rings is 3. The summed E-state index contributed by atoms with van der Waals surface area (Å²) in [6.45, 7) is 3.80. The second-order valence-corrected chi connectivity index (χ2v) is 8.36. The Morgan fingerprint density at radius 3 is 2.18 bits per heavy atom. The molecule has 1 aliphatic heterocycles. The summed E-state index contributed by atoms with van der Waals surface area (Å²) in [5, 5.41) is 21.1. The minimum Gasteiger partial charge on any atom is -0.507 e. The van der Waals surface area contributed by atoms with Crippen LogP contribution >= 0.6 is 11.6 Å². The molecule has 7 heteroatoms. The Kier molecular flexibility index (Phi) is 5.87. The number of carbonyl (C=O) groups is 2. The predicted octanol–water partition coefficient (Wildman–Crippen LogP) is 5.30. The monoisotopic (exact) mass is 463 g/mol. The van der Waals surface area contributed by atoms with E-state index < -0.39 is 17.7 Å². The van der Waals surface area contributed by atoms with Crippen molar-refractivity contribution in [2.24, 2.45) is 0 Å². The summed E-state index contributed by atoms with van der Waals surface area (Å²) in [7, 11) is 1.53. The number of phenols is 1. The Hall–Kier alpha value is -3.77. The average Bonchev–Trinajstić information content (AvgIpc) is 3.05. The van der Waals surface area contributed by atoms with E-state index in [0.717, 1.165) is 11.1 Å². The van der Waals surface area contributed by atoms with E-state index in [0.29, 0.717) is 22.6 Å². The molecule has 1 amide bonds. The summed E-state index contributed by atoms with van der Waals surface area (Å²) in [6.07, 6.45) is 0. The van der Waals surface area contributed by atoms with Gasteiger partial charge in [-0.3, -0.25) is 14.5 Å². The lowest BCUT2D eigenvalue weighted by atomic mass is 9.95. The minimum absolute atomic E-state index is 0.0638. The van der Waals surface area contributed by atoms with Gasteiger partial charge >= 0.3 is 0 Å². The van der Waals surface area contributed by atoms with Crippen molar-refractivity contribution in [3.63, 3.8) is 0 Å². The molecule has 1 heterocycles. The van der Waals surface area contributed by atoms with Crippen LogP contribution in [-0.4, -0.2) is 29.0 Å². The second-order valence-electron chi connectivity index (χ2n) is 7.95. The number of methoxy groups -OCH3 is 1. The number of rotatable bonds is 4. The third-order valence-electron chi connectivity index (χ3n) is 5.58. The Labute approximate surface area is 196 Å². The molecule has 1 atom stereocenters. The van der Waals surface area contributed by atoms with Crippen LogP contribution in [0.15, 0.2) is 66.2 Å². The third kappa shape index (κ3) is 4.05. The van der Waals surface area contributed by atoms with Crippen LogP contribution in [0.5, 0.6) is 11.5 Å². The number of Topliss-reactive ketones (excluding diaryl/α,β-unsaturated/α-hetero) is 1. The molecule has 0 radical (unpaired) electrons. The zero-order chi connectivity index (χ0) is 23.9. The zero-order valence-electron chi connectivity index (χ0n) is 18.3. The lowest BCUT2D eigenvalue weighted by Crippen LogP contribution is -2.29. The van der Waals surface area contributed by atoms with Crippen molar-refractivity contribution in [2.45, 2.75) is 19.9 Å². The summed E-state index contributed by atoms with van der Waals surface area (Å²) in [5.74, 6) is -1.42. The van der Waals surface area contributed by atoms with Crippen LogP contribution in [0.3, 0.4) is 0 Å². The minimum atomic E-state index is -0.939. The largest absolute Gasteiger partial charge is 0.507 e. The molecule has 33 heavy (non-hydrogen) atoms. The first-order chi connectivity index (χ1) is 15.7. The molecule has 1 saturated heterocycles. The van der Waals surface area contributed by atoms with Crippen molar-refractivity contribution in [1.29, 1.82) is 0 Å². The summed E-state index contributed by atoms with van der Waals surface area (Å²) < 4.78 is 5.16. The predicted molar refractivity (Wildman–Crippen MR) is 127 cm³/mol. The number of ether oxygens (including phenoxy) is 1. The molecule has 0 saturated carbocycles. The lowest BCUT2D eigenvalue weighted by molar-refractivity contribution is -0.132. The van der Waals surface area contributed by atoms with E-state index in [-0.39, 0.29) is 22.1 Å². The van der Waals surface area contributed by atoms with Gasteiger partial charge in [0.1, 0.15) is 17.3 Å². The molecular formula is C26H22ClNO5. The Morgan fingerprint density at radius 2 is 1.61 bits per heavy atom. The van der Waals surface area contributed by atoms with Crippen molar-refractivity contribution >= 4 is 34.7 Å². The fourth-order valence-electron chi connectivity index (χ4n) is 4.10. The van der Waals surface area contributed by atoms with Crippen molar-refractivity contribution in [2.75, 3.05) is 12.0 Å². The number of anilines is 1. The van der Waals surface area contributed by atoms with Gasteiger partial charge in [0.15, 0.2) is 0 Å². The highest BCUT2D eigenvalue weighted by molar-refractivity contribution is 6.51. The molecule has 0 aromatic heterocycles. The van der Waals surface area contributed by atoms with E-state index in [1.807, 2.05) is 19.9 Å². The van der Waals surface area contributed by atoms with Crippen LogP contribution in [0, 0.1) is 13.8 Å². The van der Waals surface area contributed by atoms with E-state index in [9.17, 15) is 19.8 Å². The maximum Gasteiger partial charge on any atom is 0.300 e. The van der Waals surface area contributed by atoms with Crippen molar-refractivity contribution in [3.8, 4) is 11.5 Å². The molecule has 0 bridgehead atoms. The highest BCUT2D eigenvalue weighted by atomic mass is 35.5. The fourth-order valence-corrected chi connectivity index (χ4v) is 4.29. The van der Waals surface area contributed by atoms with Crippen molar-refractivity contribution < 1.29 is 24.5 Å². The van der Waals surface area contributed by atoms with Gasteiger partial charge in [-0.2, -0.15) is 0 Å². The lowest BCUT2D eigenvalue weighted by Gasteiger charge is -2.26. The van der Waals surface area contributed by atoms with E-state index in [2.05, 4.69) is 0 Å². The summed E-state index contributed by atoms with van der Waals surface area (Å²) in [4.78, 5) is 27.8. The highest BCUT2D eigenvalue weighted by Crippen LogP contribution is 2.44. The maximum atomic E-state index is 13.2. The average molecular weight is 464 g/mol. The zero-order valence-corrected chi connectivity index (χ0v) is 19.1.